The van der Waals surface area contributed by atoms with Gasteiger partial charge in [0, 0.05) is 18.8 Å². The zero-order valence-electron chi connectivity index (χ0n) is 51.6. The van der Waals surface area contributed by atoms with Crippen molar-refractivity contribution < 1.29 is 82.8 Å². The number of nitrogens with two attached hydrogens (primary N) is 7. The lowest BCUT2D eigenvalue weighted by atomic mass is 9.95. The summed E-state index contributed by atoms with van der Waals surface area (Å²) in [4.78, 5) is 181. The first kappa shape index (κ1) is 80.8. The van der Waals surface area contributed by atoms with Crippen LogP contribution in [0.1, 0.15) is 114 Å². The van der Waals surface area contributed by atoms with Gasteiger partial charge in [-0.25, -0.2) is 4.79 Å². The van der Waals surface area contributed by atoms with Crippen molar-refractivity contribution >= 4 is 101 Å². The molecule has 37 heteroatoms. The molecule has 28 N–H and O–H groups in total. The second kappa shape index (κ2) is 40.4. The maximum absolute atomic E-state index is 14.1. The number of carbonyl (C=O) groups is 13. The van der Waals surface area contributed by atoms with E-state index < -0.39 is 192 Å². The highest BCUT2D eigenvalue weighted by Gasteiger charge is 2.39. The molecule has 0 bridgehead atoms. The number of amides is 12. The van der Waals surface area contributed by atoms with E-state index in [0.29, 0.717) is 0 Å². The number of rotatable bonds is 42. The van der Waals surface area contributed by atoms with E-state index in [1.165, 1.54) is 20.8 Å². The summed E-state index contributed by atoms with van der Waals surface area (Å²) in [5.41, 5.74) is 38.0. The van der Waals surface area contributed by atoms with Crippen LogP contribution in [0.4, 0.5) is 0 Å². The van der Waals surface area contributed by atoms with E-state index in [-0.39, 0.29) is 69.5 Å². The van der Waals surface area contributed by atoms with Gasteiger partial charge in [0.1, 0.15) is 66.5 Å². The Balaban J connectivity index is 6.79. The third-order valence-electron chi connectivity index (χ3n) is 13.4. The molecule has 0 unspecified atom stereocenters. The van der Waals surface area contributed by atoms with Crippen LogP contribution in [0.5, 0.6) is 0 Å². The Labute approximate surface area is 520 Å². The summed E-state index contributed by atoms with van der Waals surface area (Å²) in [5, 5.41) is 64.4. The van der Waals surface area contributed by atoms with Gasteiger partial charge in [-0.15, -0.1) is 0 Å². The topological polar surface area (TPSA) is 630 Å². The lowest BCUT2D eigenvalue weighted by Crippen LogP contribution is -2.63. The Morgan fingerprint density at radius 3 is 1.17 bits per heavy atom. The van der Waals surface area contributed by atoms with Gasteiger partial charge in [0.25, 0.3) is 0 Å². The number of nitrogens with one attached hydrogen (secondary N) is 10. The standard InChI is InChI=1S/C52H95N19O17S/c1-10-23(6)37(69-43(80)31(19-34(54)76)66-49(86)38(25(8)73)70-45(82)35(55)24(7)72)47(84)68-36(22(4)5)46(83)71-39(26(9)74)48(85)62-27(13-11-15-60-51(56)57)40(77)67-32(20-89)44(81)64-29(17-21(2)3)41(78)65-30(18-33(53)75)42(79)63-28(50(87)88)14-12-16-61-52(58)59/h21-32,35-39,72-74,89H,10-20,55H2,1-9H3,(H2,53,75)(H2,54,76)(H,62,85)(H,63,79)(H,64,81)(H,65,78)(H,66,86)(H,67,77)(H,68,84)(H,69,80)(H,70,82)(H,71,83)(H,87,88)(H4,56,57,60)(H4,58,59,61)/t23-,24+,25+,26+,27-,28-,29-,30-,31-,32-,35-,36-,37-,38-,39-/m0/s1. The van der Waals surface area contributed by atoms with Gasteiger partial charge >= 0.3 is 5.97 Å². The highest BCUT2D eigenvalue weighted by Crippen LogP contribution is 2.14. The van der Waals surface area contributed by atoms with Crippen molar-refractivity contribution in [3.63, 3.8) is 0 Å². The molecule has 0 aromatic heterocycles. The minimum absolute atomic E-state index is 0.00709. The molecule has 0 aliphatic heterocycles. The third-order valence-corrected chi connectivity index (χ3v) is 13.7. The lowest BCUT2D eigenvalue weighted by Gasteiger charge is -2.31. The SMILES string of the molecule is CC[C@H](C)[C@H](NC(=O)[C@H](CC(N)=O)NC(=O)[C@@H](NC(=O)[C@@H](N)[C@@H](C)O)[C@@H](C)O)C(=O)N[C@H](C(=O)N[C@H](C(=O)N[C@@H](CCCN=C(N)N)C(=O)N[C@@H](CS)C(=O)N[C@@H](CC(C)C)C(=O)N[C@@H](CC(N)=O)C(=O)N[C@@H](CCCN=C(N)N)C(=O)O)[C@@H](C)O)C(C)C. The first-order chi connectivity index (χ1) is 41.3. The molecule has 0 aromatic rings. The molecule has 0 saturated heterocycles. The minimum atomic E-state index is -1.86. The predicted molar refractivity (Wildman–Crippen MR) is 325 cm³/mol. The van der Waals surface area contributed by atoms with Gasteiger partial charge < -0.3 is 114 Å². The molecule has 0 aliphatic rings. The van der Waals surface area contributed by atoms with E-state index in [9.17, 15) is 82.8 Å². The number of carbonyl (C=O) groups excluding carboxylic acids is 12. The first-order valence-corrected chi connectivity index (χ1v) is 29.3. The quantitative estimate of drug-likeness (QED) is 0.0117. The van der Waals surface area contributed by atoms with Gasteiger partial charge in [0.15, 0.2) is 11.9 Å². The molecule has 89 heavy (non-hydrogen) atoms. The third kappa shape index (κ3) is 30.5. The van der Waals surface area contributed by atoms with E-state index in [4.69, 9.17) is 40.1 Å². The molecular formula is C52H95N19O17S. The summed E-state index contributed by atoms with van der Waals surface area (Å²) in [7, 11) is 0. The smallest absolute Gasteiger partial charge is 0.326 e. The van der Waals surface area contributed by atoms with Gasteiger partial charge in [0.05, 0.1) is 31.2 Å². The van der Waals surface area contributed by atoms with Crippen molar-refractivity contribution in [3.05, 3.63) is 0 Å². The molecule has 0 radical (unpaired) electrons. The summed E-state index contributed by atoms with van der Waals surface area (Å²) in [6.45, 7) is 13.0. The second-order valence-corrected chi connectivity index (χ2v) is 22.4. The molecule has 0 spiro atoms. The van der Waals surface area contributed by atoms with E-state index in [1.54, 1.807) is 27.7 Å². The van der Waals surface area contributed by atoms with Crippen LogP contribution < -0.4 is 93.3 Å². The van der Waals surface area contributed by atoms with Crippen LogP contribution in [0.2, 0.25) is 0 Å². The monoisotopic (exact) mass is 1290 g/mol. The number of guanidine groups is 2. The highest BCUT2D eigenvalue weighted by molar-refractivity contribution is 7.80. The molecule has 0 rings (SSSR count). The fraction of sp³-hybridized carbons (Fsp3) is 0.712. The van der Waals surface area contributed by atoms with Crippen LogP contribution >= 0.6 is 12.6 Å². The van der Waals surface area contributed by atoms with Gasteiger partial charge in [-0.1, -0.05) is 48.0 Å². The van der Waals surface area contributed by atoms with Crippen molar-refractivity contribution in [2.75, 3.05) is 18.8 Å². The number of nitrogens with zero attached hydrogens (tertiary/aromatic N) is 2. The summed E-state index contributed by atoms with van der Waals surface area (Å²) < 4.78 is 0. The number of carboxylic acids is 1. The number of hydrogen-bond donors (Lipinski definition) is 22. The molecule has 12 amide bonds. The van der Waals surface area contributed by atoms with Crippen molar-refractivity contribution in [3.8, 4) is 0 Å². The zero-order valence-corrected chi connectivity index (χ0v) is 52.5. The number of hydrogen-bond acceptors (Lipinski definition) is 20. The van der Waals surface area contributed by atoms with Crippen molar-refractivity contribution in [2.24, 2.45) is 67.9 Å². The largest absolute Gasteiger partial charge is 0.480 e. The predicted octanol–water partition coefficient (Wildman–Crippen LogP) is -9.08. The molecule has 0 fully saturated rings. The van der Waals surface area contributed by atoms with Crippen LogP contribution in [-0.2, 0) is 62.3 Å². The number of aliphatic hydroxyl groups excluding tert-OH is 3. The second-order valence-electron chi connectivity index (χ2n) is 22.1. The fourth-order valence-corrected chi connectivity index (χ4v) is 8.38. The number of primary amides is 2. The fourth-order valence-electron chi connectivity index (χ4n) is 8.12. The maximum atomic E-state index is 14.1. The van der Waals surface area contributed by atoms with Gasteiger partial charge in [-0.05, 0) is 70.6 Å². The van der Waals surface area contributed by atoms with Crippen LogP contribution in [0, 0.1) is 17.8 Å². The van der Waals surface area contributed by atoms with E-state index in [2.05, 4.69) is 75.8 Å². The van der Waals surface area contributed by atoms with Gasteiger partial charge in [0.2, 0.25) is 70.9 Å². The van der Waals surface area contributed by atoms with Gasteiger partial charge in [-0.3, -0.25) is 67.5 Å². The summed E-state index contributed by atoms with van der Waals surface area (Å²) >= 11 is 4.22. The molecule has 36 nitrogen and oxygen atoms in total. The Kier molecular flexibility index (Phi) is 36.7. The Morgan fingerprint density at radius 2 is 0.764 bits per heavy atom. The first-order valence-electron chi connectivity index (χ1n) is 28.6. The normalized spacial score (nSPS) is 16.2. The molecular weight excluding hydrogens is 1190 g/mol. The number of aliphatic carboxylic acids is 1. The number of aliphatic imine (C=N–C) groups is 2. The van der Waals surface area contributed by atoms with Crippen molar-refractivity contribution in [1.29, 1.82) is 0 Å². The van der Waals surface area contributed by atoms with Crippen molar-refractivity contribution in [2.45, 2.75) is 198 Å². The molecule has 15 atom stereocenters. The van der Waals surface area contributed by atoms with Gasteiger partial charge in [-0.2, -0.15) is 12.6 Å². The Bertz CT molecular complexity index is 2500. The van der Waals surface area contributed by atoms with Crippen LogP contribution in [0.3, 0.4) is 0 Å². The summed E-state index contributed by atoms with van der Waals surface area (Å²) in [5.74, 6) is -17.1. The average Bonchev–Trinajstić information content (AvgIpc) is 3.06. The number of thiol groups is 1. The van der Waals surface area contributed by atoms with E-state index >= 15 is 0 Å². The molecule has 0 aliphatic carbocycles. The van der Waals surface area contributed by atoms with Crippen molar-refractivity contribution in [1.82, 2.24) is 53.2 Å². The minimum Gasteiger partial charge on any atom is -0.480 e. The summed E-state index contributed by atoms with van der Waals surface area (Å²) in [6.07, 6.45) is -6.48. The number of carboxylic acid groups (broad SMARTS) is 1. The van der Waals surface area contributed by atoms with Crippen LogP contribution in [0.25, 0.3) is 0 Å². The van der Waals surface area contributed by atoms with Crippen LogP contribution in [-0.4, -0.2) is 213 Å². The Morgan fingerprint density at radius 1 is 0.427 bits per heavy atom. The molecule has 506 valence electrons. The maximum Gasteiger partial charge on any atom is 0.326 e. The summed E-state index contributed by atoms with van der Waals surface area (Å²) in [6, 6.07) is -17.8. The van der Waals surface area contributed by atoms with E-state index in [0.717, 1.165) is 13.8 Å². The highest BCUT2D eigenvalue weighted by atomic mass is 32.1. The Hall–Kier alpha value is -8.16. The lowest BCUT2D eigenvalue weighted by molar-refractivity contribution is -0.142. The molecule has 0 aromatic carbocycles. The zero-order chi connectivity index (χ0) is 68.7. The molecule has 0 heterocycles. The van der Waals surface area contributed by atoms with E-state index in [1.807, 2.05) is 0 Å². The number of aliphatic hydroxyl groups is 3. The average molecular weight is 1290 g/mol. The molecule has 0 saturated carbocycles. The van der Waals surface area contributed by atoms with Crippen LogP contribution in [0.15, 0.2) is 9.98 Å².